The number of hydrogen-bond donors (Lipinski definition) is 0. The van der Waals surface area contributed by atoms with Crippen LogP contribution in [0.15, 0.2) is 30.3 Å². The Morgan fingerprint density at radius 1 is 1.37 bits per heavy atom. The Balaban J connectivity index is 2.17. The molecule has 1 saturated heterocycles. The number of aldehydes is 1. The Hall–Kier alpha value is -1.15. The molecule has 2 nitrogen and oxygen atoms in total. The maximum Gasteiger partial charge on any atom is 0.131 e. The number of nitrogens with zero attached hydrogens (tertiary/aromatic N) is 1. The molecule has 1 aromatic carbocycles. The van der Waals surface area contributed by atoms with Crippen LogP contribution in [-0.2, 0) is 10.2 Å². The van der Waals surface area contributed by atoms with E-state index in [9.17, 15) is 4.79 Å². The molecule has 0 aromatic heterocycles. The standard InChI is InChI=1S/C17H25NO/c1-14(2)16-10-7-11-18(16)12-17(3,13-19)15-8-5-4-6-9-15/h4-6,8-9,13-14,16H,7,10-12H2,1-3H3. The van der Waals surface area contributed by atoms with Gasteiger partial charge in [-0.05, 0) is 37.8 Å². The SMILES string of the molecule is CC(C)C1CCCN1CC(C)(C=O)c1ccccc1. The molecular formula is C17H25NO. The highest BCUT2D eigenvalue weighted by Crippen LogP contribution is 2.29. The van der Waals surface area contributed by atoms with Crippen LogP contribution in [0, 0.1) is 5.92 Å². The molecule has 1 aliphatic heterocycles. The second kappa shape index (κ2) is 5.87. The molecule has 0 radical (unpaired) electrons. The zero-order chi connectivity index (χ0) is 13.9. The second-order valence-corrected chi connectivity index (χ2v) is 6.33. The van der Waals surface area contributed by atoms with E-state index in [1.54, 1.807) is 0 Å². The largest absolute Gasteiger partial charge is 0.302 e. The summed E-state index contributed by atoms with van der Waals surface area (Å²) in [6, 6.07) is 10.8. The van der Waals surface area contributed by atoms with E-state index in [-0.39, 0.29) is 0 Å². The number of benzene rings is 1. The molecule has 2 atom stereocenters. The van der Waals surface area contributed by atoms with Crippen molar-refractivity contribution in [3.8, 4) is 0 Å². The Kier molecular flexibility index (Phi) is 4.41. The van der Waals surface area contributed by atoms with Crippen molar-refractivity contribution in [3.63, 3.8) is 0 Å². The molecule has 0 N–H and O–H groups in total. The Morgan fingerprint density at radius 2 is 2.05 bits per heavy atom. The van der Waals surface area contributed by atoms with Gasteiger partial charge in [0.05, 0.1) is 5.41 Å². The molecule has 2 heteroatoms. The lowest BCUT2D eigenvalue weighted by Gasteiger charge is -2.34. The molecule has 1 fully saturated rings. The van der Waals surface area contributed by atoms with E-state index >= 15 is 0 Å². The van der Waals surface area contributed by atoms with Gasteiger partial charge < -0.3 is 4.79 Å². The van der Waals surface area contributed by atoms with Gasteiger partial charge in [0.1, 0.15) is 6.29 Å². The van der Waals surface area contributed by atoms with Gasteiger partial charge in [0.25, 0.3) is 0 Å². The van der Waals surface area contributed by atoms with Crippen LogP contribution in [0.5, 0.6) is 0 Å². The van der Waals surface area contributed by atoms with Crippen molar-refractivity contribution in [2.45, 2.75) is 45.1 Å². The zero-order valence-corrected chi connectivity index (χ0v) is 12.3. The van der Waals surface area contributed by atoms with Gasteiger partial charge in [-0.1, -0.05) is 44.2 Å². The van der Waals surface area contributed by atoms with Crippen molar-refractivity contribution < 1.29 is 4.79 Å². The van der Waals surface area contributed by atoms with Crippen LogP contribution in [0.3, 0.4) is 0 Å². The van der Waals surface area contributed by atoms with Crippen LogP contribution in [0.4, 0.5) is 0 Å². The lowest BCUT2D eigenvalue weighted by atomic mass is 9.83. The topological polar surface area (TPSA) is 20.3 Å². The van der Waals surface area contributed by atoms with Gasteiger partial charge >= 0.3 is 0 Å². The van der Waals surface area contributed by atoms with Crippen LogP contribution < -0.4 is 0 Å². The van der Waals surface area contributed by atoms with E-state index in [1.807, 2.05) is 18.2 Å². The van der Waals surface area contributed by atoms with E-state index < -0.39 is 5.41 Å². The Bertz CT molecular complexity index is 415. The van der Waals surface area contributed by atoms with Crippen LogP contribution in [0.1, 0.15) is 39.2 Å². The van der Waals surface area contributed by atoms with Gasteiger partial charge in [-0.25, -0.2) is 0 Å². The molecular weight excluding hydrogens is 234 g/mol. The molecule has 0 saturated carbocycles. The summed E-state index contributed by atoms with van der Waals surface area (Å²) in [4.78, 5) is 14.2. The minimum atomic E-state index is -0.390. The average molecular weight is 259 g/mol. The first-order valence-corrected chi connectivity index (χ1v) is 7.33. The average Bonchev–Trinajstić information content (AvgIpc) is 2.87. The number of likely N-dealkylation sites (tertiary alicyclic amines) is 1. The highest BCUT2D eigenvalue weighted by atomic mass is 16.1. The zero-order valence-electron chi connectivity index (χ0n) is 12.3. The third-order valence-corrected chi connectivity index (χ3v) is 4.41. The van der Waals surface area contributed by atoms with Gasteiger partial charge in [-0.3, -0.25) is 4.90 Å². The van der Waals surface area contributed by atoms with Crippen molar-refractivity contribution in [1.82, 2.24) is 4.90 Å². The highest BCUT2D eigenvalue weighted by Gasteiger charge is 2.34. The minimum Gasteiger partial charge on any atom is -0.302 e. The van der Waals surface area contributed by atoms with Gasteiger partial charge in [0.2, 0.25) is 0 Å². The third-order valence-electron chi connectivity index (χ3n) is 4.41. The van der Waals surface area contributed by atoms with E-state index in [4.69, 9.17) is 0 Å². The maximum absolute atomic E-state index is 11.7. The molecule has 1 aliphatic rings. The third kappa shape index (κ3) is 3.06. The van der Waals surface area contributed by atoms with Crippen molar-refractivity contribution in [3.05, 3.63) is 35.9 Å². The van der Waals surface area contributed by atoms with E-state index in [0.29, 0.717) is 12.0 Å². The summed E-state index contributed by atoms with van der Waals surface area (Å²) in [5, 5.41) is 0. The van der Waals surface area contributed by atoms with Gasteiger partial charge in [-0.2, -0.15) is 0 Å². The summed E-state index contributed by atoms with van der Waals surface area (Å²) in [5.74, 6) is 0.661. The molecule has 104 valence electrons. The molecule has 19 heavy (non-hydrogen) atoms. The predicted molar refractivity (Wildman–Crippen MR) is 79.3 cm³/mol. The van der Waals surface area contributed by atoms with Crippen molar-refractivity contribution in [2.75, 3.05) is 13.1 Å². The summed E-state index contributed by atoms with van der Waals surface area (Å²) in [7, 11) is 0. The summed E-state index contributed by atoms with van der Waals surface area (Å²) in [5.41, 5.74) is 0.734. The fraction of sp³-hybridized carbons (Fsp3) is 0.588. The number of hydrogen-bond acceptors (Lipinski definition) is 2. The lowest BCUT2D eigenvalue weighted by Crippen LogP contribution is -2.44. The number of carbonyl (C=O) groups excluding carboxylic acids is 1. The first-order valence-electron chi connectivity index (χ1n) is 7.33. The summed E-state index contributed by atoms with van der Waals surface area (Å²) in [6.45, 7) is 8.58. The summed E-state index contributed by atoms with van der Waals surface area (Å²) < 4.78 is 0. The predicted octanol–water partition coefficient (Wildman–Crippen LogP) is 3.26. The molecule has 2 unspecified atom stereocenters. The van der Waals surface area contributed by atoms with E-state index in [0.717, 1.165) is 24.9 Å². The van der Waals surface area contributed by atoms with Crippen molar-refractivity contribution in [1.29, 1.82) is 0 Å². The van der Waals surface area contributed by atoms with Crippen molar-refractivity contribution >= 4 is 6.29 Å². The fourth-order valence-corrected chi connectivity index (χ4v) is 3.24. The van der Waals surface area contributed by atoms with Gasteiger partial charge in [-0.15, -0.1) is 0 Å². The minimum absolute atomic E-state index is 0.390. The number of rotatable bonds is 5. The van der Waals surface area contributed by atoms with Crippen LogP contribution in [-0.4, -0.2) is 30.3 Å². The molecule has 0 spiro atoms. The number of carbonyl (C=O) groups is 1. The van der Waals surface area contributed by atoms with Gasteiger partial charge in [0.15, 0.2) is 0 Å². The normalized spacial score (nSPS) is 23.5. The summed E-state index contributed by atoms with van der Waals surface area (Å²) in [6.07, 6.45) is 3.64. The summed E-state index contributed by atoms with van der Waals surface area (Å²) >= 11 is 0. The molecule has 2 rings (SSSR count). The van der Waals surface area contributed by atoms with Crippen molar-refractivity contribution in [2.24, 2.45) is 5.92 Å². The van der Waals surface area contributed by atoms with E-state index in [1.165, 1.54) is 12.8 Å². The van der Waals surface area contributed by atoms with Crippen LogP contribution >= 0.6 is 0 Å². The molecule has 0 amide bonds. The smallest absolute Gasteiger partial charge is 0.131 e. The maximum atomic E-state index is 11.7. The lowest BCUT2D eigenvalue weighted by molar-refractivity contribution is -0.112. The van der Waals surface area contributed by atoms with E-state index in [2.05, 4.69) is 37.8 Å². The molecule has 1 aromatic rings. The first kappa shape index (κ1) is 14.3. The molecule has 1 heterocycles. The molecule has 0 bridgehead atoms. The Morgan fingerprint density at radius 3 is 2.63 bits per heavy atom. The first-order chi connectivity index (χ1) is 9.07. The fourth-order valence-electron chi connectivity index (χ4n) is 3.24. The monoisotopic (exact) mass is 259 g/mol. The highest BCUT2D eigenvalue weighted by molar-refractivity contribution is 5.68. The van der Waals surface area contributed by atoms with Crippen LogP contribution in [0.2, 0.25) is 0 Å². The van der Waals surface area contributed by atoms with Crippen LogP contribution in [0.25, 0.3) is 0 Å². The quantitative estimate of drug-likeness (QED) is 0.756. The van der Waals surface area contributed by atoms with Gasteiger partial charge in [0, 0.05) is 12.6 Å². The Labute approximate surface area is 116 Å². The second-order valence-electron chi connectivity index (χ2n) is 6.33. The molecule has 0 aliphatic carbocycles.